The molecule has 1 aromatic rings. The van der Waals surface area contributed by atoms with Crippen molar-refractivity contribution in [2.24, 2.45) is 0 Å². The number of nitrogens with zero attached hydrogens (tertiary/aromatic N) is 3. The molecular weight excluding hydrogens is 245 g/mol. The van der Waals surface area contributed by atoms with Crippen molar-refractivity contribution in [2.75, 3.05) is 30.4 Å². The first-order chi connectivity index (χ1) is 8.42. The van der Waals surface area contributed by atoms with Gasteiger partial charge in [-0.05, 0) is 13.3 Å². The lowest BCUT2D eigenvalue weighted by Crippen LogP contribution is -2.26. The number of hydrogen-bond donors (Lipinski definition) is 1. The SMILES string of the molecule is CCCN(CC)c1cc(NC)nc(C(F)(F)F)n1. The first-order valence-electron chi connectivity index (χ1n) is 5.81. The molecule has 0 fully saturated rings. The highest BCUT2D eigenvalue weighted by molar-refractivity contribution is 5.49. The maximum atomic E-state index is 12.7. The number of halogens is 3. The van der Waals surface area contributed by atoms with Crippen LogP contribution in [0.1, 0.15) is 26.1 Å². The second kappa shape index (κ2) is 5.88. The molecule has 0 radical (unpaired) electrons. The van der Waals surface area contributed by atoms with Crippen LogP contribution in [0.5, 0.6) is 0 Å². The number of rotatable bonds is 5. The molecule has 0 bridgehead atoms. The van der Waals surface area contributed by atoms with E-state index in [9.17, 15) is 13.2 Å². The van der Waals surface area contributed by atoms with Gasteiger partial charge in [-0.3, -0.25) is 0 Å². The summed E-state index contributed by atoms with van der Waals surface area (Å²) in [4.78, 5) is 8.81. The molecule has 7 heteroatoms. The molecule has 1 rings (SSSR count). The quantitative estimate of drug-likeness (QED) is 0.886. The highest BCUT2D eigenvalue weighted by Crippen LogP contribution is 2.29. The maximum absolute atomic E-state index is 12.7. The van der Waals surface area contributed by atoms with Gasteiger partial charge in [0.25, 0.3) is 0 Å². The van der Waals surface area contributed by atoms with Crippen LogP contribution in [-0.4, -0.2) is 30.1 Å². The Labute approximate surface area is 104 Å². The number of anilines is 2. The molecule has 0 spiro atoms. The van der Waals surface area contributed by atoms with Gasteiger partial charge in [0.1, 0.15) is 11.6 Å². The number of nitrogens with one attached hydrogen (secondary N) is 1. The molecule has 18 heavy (non-hydrogen) atoms. The summed E-state index contributed by atoms with van der Waals surface area (Å²) in [7, 11) is 1.53. The Balaban J connectivity index is 3.18. The third-order valence-electron chi connectivity index (χ3n) is 2.42. The summed E-state index contributed by atoms with van der Waals surface area (Å²) >= 11 is 0. The molecule has 0 aromatic carbocycles. The van der Waals surface area contributed by atoms with E-state index in [-0.39, 0.29) is 5.82 Å². The van der Waals surface area contributed by atoms with Gasteiger partial charge in [-0.1, -0.05) is 6.92 Å². The topological polar surface area (TPSA) is 41.0 Å². The van der Waals surface area contributed by atoms with E-state index in [4.69, 9.17) is 0 Å². The third-order valence-corrected chi connectivity index (χ3v) is 2.42. The van der Waals surface area contributed by atoms with Gasteiger partial charge in [0, 0.05) is 26.2 Å². The van der Waals surface area contributed by atoms with Crippen LogP contribution in [0.3, 0.4) is 0 Å². The molecule has 4 nitrogen and oxygen atoms in total. The summed E-state index contributed by atoms with van der Waals surface area (Å²) in [5.74, 6) is -0.646. The molecule has 0 amide bonds. The van der Waals surface area contributed by atoms with E-state index in [2.05, 4.69) is 15.3 Å². The van der Waals surface area contributed by atoms with Crippen molar-refractivity contribution in [2.45, 2.75) is 26.4 Å². The zero-order valence-electron chi connectivity index (χ0n) is 10.7. The van der Waals surface area contributed by atoms with E-state index >= 15 is 0 Å². The van der Waals surface area contributed by atoms with Crippen LogP contribution in [0.2, 0.25) is 0 Å². The lowest BCUT2D eigenvalue weighted by Gasteiger charge is -2.22. The Hall–Kier alpha value is -1.53. The highest BCUT2D eigenvalue weighted by atomic mass is 19.4. The van der Waals surface area contributed by atoms with Gasteiger partial charge in [-0.15, -0.1) is 0 Å². The molecule has 0 unspecified atom stereocenters. The van der Waals surface area contributed by atoms with Crippen molar-refractivity contribution >= 4 is 11.6 Å². The largest absolute Gasteiger partial charge is 0.451 e. The van der Waals surface area contributed by atoms with E-state index in [1.54, 1.807) is 4.90 Å². The molecule has 1 heterocycles. The van der Waals surface area contributed by atoms with Crippen molar-refractivity contribution in [3.05, 3.63) is 11.9 Å². The molecule has 0 saturated heterocycles. The highest BCUT2D eigenvalue weighted by Gasteiger charge is 2.35. The fourth-order valence-electron chi connectivity index (χ4n) is 1.56. The monoisotopic (exact) mass is 262 g/mol. The van der Waals surface area contributed by atoms with Crippen LogP contribution in [-0.2, 0) is 6.18 Å². The Kier molecular flexibility index (Phi) is 4.75. The fourth-order valence-corrected chi connectivity index (χ4v) is 1.56. The Morgan fingerprint density at radius 2 is 1.94 bits per heavy atom. The van der Waals surface area contributed by atoms with E-state index in [0.29, 0.717) is 18.9 Å². The zero-order chi connectivity index (χ0) is 13.8. The van der Waals surface area contributed by atoms with E-state index in [1.807, 2.05) is 13.8 Å². The Bertz CT molecular complexity index is 392. The predicted molar refractivity (Wildman–Crippen MR) is 64.8 cm³/mol. The predicted octanol–water partition coefficient (Wildman–Crippen LogP) is 2.77. The van der Waals surface area contributed by atoms with E-state index in [1.165, 1.54) is 13.1 Å². The van der Waals surface area contributed by atoms with Crippen molar-refractivity contribution in [1.82, 2.24) is 9.97 Å². The van der Waals surface area contributed by atoms with Crippen LogP contribution in [0.15, 0.2) is 6.07 Å². The maximum Gasteiger partial charge on any atom is 0.451 e. The van der Waals surface area contributed by atoms with Crippen molar-refractivity contribution in [3.8, 4) is 0 Å². The van der Waals surface area contributed by atoms with Crippen LogP contribution in [0, 0.1) is 0 Å². The van der Waals surface area contributed by atoms with Crippen LogP contribution < -0.4 is 10.2 Å². The second-order valence-corrected chi connectivity index (χ2v) is 3.76. The summed E-state index contributed by atoms with van der Waals surface area (Å²) in [5, 5.41) is 2.62. The lowest BCUT2D eigenvalue weighted by atomic mass is 10.3. The molecule has 0 saturated carbocycles. The first kappa shape index (κ1) is 14.5. The number of aromatic nitrogens is 2. The van der Waals surface area contributed by atoms with Crippen molar-refractivity contribution in [3.63, 3.8) is 0 Å². The lowest BCUT2D eigenvalue weighted by molar-refractivity contribution is -0.144. The third kappa shape index (κ3) is 3.48. The molecular formula is C11H17F3N4. The van der Waals surface area contributed by atoms with Gasteiger partial charge in [0.2, 0.25) is 5.82 Å². The molecule has 1 N–H and O–H groups in total. The van der Waals surface area contributed by atoms with Crippen LogP contribution >= 0.6 is 0 Å². The van der Waals surface area contributed by atoms with Crippen molar-refractivity contribution in [1.29, 1.82) is 0 Å². The molecule has 102 valence electrons. The minimum Gasteiger partial charge on any atom is -0.373 e. The number of alkyl halides is 3. The second-order valence-electron chi connectivity index (χ2n) is 3.76. The average molecular weight is 262 g/mol. The normalized spacial score (nSPS) is 11.4. The summed E-state index contributed by atoms with van der Waals surface area (Å²) in [6.45, 7) is 5.11. The zero-order valence-corrected chi connectivity index (χ0v) is 10.7. The summed E-state index contributed by atoms with van der Waals surface area (Å²) in [5.41, 5.74) is 0. The molecule has 1 aromatic heterocycles. The standard InChI is InChI=1S/C11H17F3N4/c1-4-6-18(5-2)9-7-8(15-3)16-10(17-9)11(12,13)14/h7H,4-6H2,1-3H3,(H,15,16,17). The van der Waals surface area contributed by atoms with Gasteiger partial charge in [0.05, 0.1) is 0 Å². The van der Waals surface area contributed by atoms with Crippen molar-refractivity contribution < 1.29 is 13.2 Å². The van der Waals surface area contributed by atoms with Gasteiger partial charge in [-0.25, -0.2) is 9.97 Å². The van der Waals surface area contributed by atoms with Gasteiger partial charge in [-0.2, -0.15) is 13.2 Å². The average Bonchev–Trinajstić information content (AvgIpc) is 2.34. The molecule has 0 aliphatic rings. The van der Waals surface area contributed by atoms with E-state index in [0.717, 1.165) is 6.42 Å². The smallest absolute Gasteiger partial charge is 0.373 e. The van der Waals surface area contributed by atoms with Gasteiger partial charge < -0.3 is 10.2 Å². The van der Waals surface area contributed by atoms with Crippen LogP contribution in [0.4, 0.5) is 24.8 Å². The molecule has 0 aliphatic heterocycles. The summed E-state index contributed by atoms with van der Waals surface area (Å²) < 4.78 is 38.0. The molecule has 0 aliphatic carbocycles. The fraction of sp³-hybridized carbons (Fsp3) is 0.636. The Morgan fingerprint density at radius 1 is 1.28 bits per heavy atom. The summed E-state index contributed by atoms with van der Waals surface area (Å²) in [6, 6.07) is 1.52. The van der Waals surface area contributed by atoms with Gasteiger partial charge >= 0.3 is 6.18 Å². The number of hydrogen-bond acceptors (Lipinski definition) is 4. The minimum absolute atomic E-state index is 0.168. The summed E-state index contributed by atoms with van der Waals surface area (Å²) in [6.07, 6.45) is -3.69. The molecule has 0 atom stereocenters. The Morgan fingerprint density at radius 3 is 2.39 bits per heavy atom. The minimum atomic E-state index is -4.53. The first-order valence-corrected chi connectivity index (χ1v) is 5.81. The van der Waals surface area contributed by atoms with Crippen LogP contribution in [0.25, 0.3) is 0 Å². The van der Waals surface area contributed by atoms with E-state index < -0.39 is 12.0 Å². The van der Waals surface area contributed by atoms with Gasteiger partial charge in [0.15, 0.2) is 0 Å².